The highest BCUT2D eigenvalue weighted by molar-refractivity contribution is 7.79. The van der Waals surface area contributed by atoms with E-state index in [1.165, 1.54) is 17.0 Å². The van der Waals surface area contributed by atoms with E-state index in [1.54, 1.807) is 96.3 Å². The molecule has 4 nitrogen and oxygen atoms in total. The second-order valence-corrected chi connectivity index (χ2v) is 12.2. The van der Waals surface area contributed by atoms with Crippen LogP contribution in [0.5, 0.6) is 0 Å². The summed E-state index contributed by atoms with van der Waals surface area (Å²) in [6.07, 6.45) is 23.8. The van der Waals surface area contributed by atoms with Crippen molar-refractivity contribution in [3.63, 3.8) is 0 Å². The molecule has 0 heterocycles. The Morgan fingerprint density at radius 3 is 1.04 bits per heavy atom. The van der Waals surface area contributed by atoms with Crippen molar-refractivity contribution in [1.82, 2.24) is 0 Å². The Morgan fingerprint density at radius 2 is 0.833 bits per heavy atom. The molecular weight excluding hydrogens is 343 g/mol. The maximum atomic E-state index is 8.63. The lowest BCUT2D eigenvalue weighted by Gasteiger charge is -2.38. The molecule has 0 atom stereocenters. The van der Waals surface area contributed by atoms with Gasteiger partial charge in [0.2, 0.25) is 10.4 Å². The maximum absolute atomic E-state index is 8.63. The summed E-state index contributed by atoms with van der Waals surface area (Å²) in [6, 6.07) is 0. The van der Waals surface area contributed by atoms with Gasteiger partial charge in [-0.25, -0.2) is 8.42 Å². The lowest BCUT2D eigenvalue weighted by Crippen LogP contribution is -2.28. The summed E-state index contributed by atoms with van der Waals surface area (Å²) in [5, 5.41) is 0. The highest BCUT2D eigenvalue weighted by Gasteiger charge is 2.42. The van der Waals surface area contributed by atoms with Gasteiger partial charge in [0, 0.05) is 7.92 Å². The maximum Gasteiger partial charge on any atom is 0.215 e. The molecule has 0 aromatic carbocycles. The molecule has 3 fully saturated rings. The van der Waals surface area contributed by atoms with Crippen LogP contribution in [-0.2, 0) is 10.4 Å². The van der Waals surface area contributed by atoms with Crippen molar-refractivity contribution in [2.75, 3.05) is 0 Å². The molecule has 3 aliphatic carbocycles. The molecule has 3 saturated carbocycles. The summed E-state index contributed by atoms with van der Waals surface area (Å²) in [4.78, 5) is 0. The molecule has 0 spiro atoms. The van der Waals surface area contributed by atoms with Gasteiger partial charge in [-0.05, 0) is 77.0 Å². The zero-order valence-corrected chi connectivity index (χ0v) is 16.7. The van der Waals surface area contributed by atoms with Crippen molar-refractivity contribution in [3.8, 4) is 0 Å². The summed E-state index contributed by atoms with van der Waals surface area (Å²) >= 11 is 0. The van der Waals surface area contributed by atoms with Crippen LogP contribution in [0.1, 0.15) is 96.3 Å². The molecule has 0 aromatic rings. The predicted molar refractivity (Wildman–Crippen MR) is 101 cm³/mol. The smallest absolute Gasteiger partial charge is 0.215 e. The van der Waals surface area contributed by atoms with Gasteiger partial charge in [-0.1, -0.05) is 19.3 Å². The average molecular weight is 379 g/mol. The zero-order chi connectivity index (χ0) is 17.4. The van der Waals surface area contributed by atoms with Crippen LogP contribution in [0.25, 0.3) is 0 Å². The van der Waals surface area contributed by atoms with Crippen LogP contribution in [-0.4, -0.2) is 34.5 Å². The van der Waals surface area contributed by atoms with Crippen molar-refractivity contribution >= 4 is 18.3 Å². The van der Waals surface area contributed by atoms with E-state index < -0.39 is 10.4 Å². The normalized spacial score (nSPS) is 25.3. The molecular formula is C18H35O4PS. The van der Waals surface area contributed by atoms with Crippen molar-refractivity contribution < 1.29 is 17.5 Å². The van der Waals surface area contributed by atoms with Gasteiger partial charge in [0.05, 0.1) is 17.0 Å². The molecule has 142 valence electrons. The Balaban J connectivity index is 0.000000368. The lowest BCUT2D eigenvalue weighted by atomic mass is 9.99. The van der Waals surface area contributed by atoms with Crippen LogP contribution in [0, 0.1) is 0 Å². The number of hydrogen-bond donors (Lipinski definition) is 1. The molecule has 0 radical (unpaired) electrons. The molecule has 6 heteroatoms. The van der Waals surface area contributed by atoms with Gasteiger partial charge in [0.15, 0.2) is 0 Å². The molecule has 0 aliphatic heterocycles. The second-order valence-electron chi connectivity index (χ2n) is 7.93. The van der Waals surface area contributed by atoms with E-state index in [-0.39, 0.29) is 7.92 Å². The van der Waals surface area contributed by atoms with Gasteiger partial charge in [-0.3, -0.25) is 4.55 Å². The molecule has 0 amide bonds. The Labute approximate surface area is 149 Å². The first-order valence-corrected chi connectivity index (χ1v) is 13.1. The SMILES string of the molecule is C1CCC([PH+](C2CCCCC2)C2CCCCC2)CC1.O=S(=O)([O-])O. The first-order chi connectivity index (χ1) is 11.4. The minimum Gasteiger partial charge on any atom is -0.726 e. The van der Waals surface area contributed by atoms with Crippen LogP contribution in [0.3, 0.4) is 0 Å². The summed E-state index contributed by atoms with van der Waals surface area (Å²) < 4.78 is 32.8. The highest BCUT2D eigenvalue weighted by Crippen LogP contribution is 2.61. The van der Waals surface area contributed by atoms with Gasteiger partial charge >= 0.3 is 0 Å². The summed E-state index contributed by atoms with van der Waals surface area (Å²) in [6.45, 7) is 0. The molecule has 0 bridgehead atoms. The Hall–Kier alpha value is 0.300. The van der Waals surface area contributed by atoms with E-state index in [0.29, 0.717) is 0 Å². The monoisotopic (exact) mass is 378 g/mol. The van der Waals surface area contributed by atoms with E-state index in [1.807, 2.05) is 0 Å². The van der Waals surface area contributed by atoms with Crippen LogP contribution in [0.4, 0.5) is 0 Å². The first-order valence-electron chi connectivity index (χ1n) is 10.00. The van der Waals surface area contributed by atoms with Crippen molar-refractivity contribution in [3.05, 3.63) is 0 Å². The minimum absolute atomic E-state index is 0.0465. The van der Waals surface area contributed by atoms with Gasteiger partial charge in [-0.15, -0.1) is 0 Å². The van der Waals surface area contributed by atoms with E-state index in [2.05, 4.69) is 0 Å². The Morgan fingerprint density at radius 1 is 0.625 bits per heavy atom. The van der Waals surface area contributed by atoms with Crippen LogP contribution in [0.2, 0.25) is 0 Å². The number of rotatable bonds is 3. The van der Waals surface area contributed by atoms with Crippen LogP contribution >= 0.6 is 7.92 Å². The van der Waals surface area contributed by atoms with Gasteiger partial charge < -0.3 is 4.55 Å². The first kappa shape index (κ1) is 20.6. The van der Waals surface area contributed by atoms with Crippen molar-refractivity contribution in [2.45, 2.75) is 113 Å². The highest BCUT2D eigenvalue weighted by atomic mass is 32.3. The largest absolute Gasteiger partial charge is 0.726 e. The zero-order valence-electron chi connectivity index (χ0n) is 14.9. The Bertz CT molecular complexity index is 385. The third kappa shape index (κ3) is 7.68. The quantitative estimate of drug-likeness (QED) is 0.416. The lowest BCUT2D eigenvalue weighted by molar-refractivity contribution is 0.366. The van der Waals surface area contributed by atoms with Crippen molar-refractivity contribution in [2.24, 2.45) is 0 Å². The number of hydrogen-bond acceptors (Lipinski definition) is 3. The standard InChI is InChI=1S/C18H33P.H2O4S/c1-4-10-16(11-5-1)19(17-12-6-2-7-13-17)18-14-8-3-9-15-18;1-5(2,3)4/h16-18H,1-15H2;(H2,1,2,3,4). The molecule has 3 rings (SSSR count). The fourth-order valence-corrected chi connectivity index (χ4v) is 10.5. The van der Waals surface area contributed by atoms with Crippen LogP contribution in [0.15, 0.2) is 0 Å². The fraction of sp³-hybridized carbons (Fsp3) is 1.00. The second kappa shape index (κ2) is 10.4. The van der Waals surface area contributed by atoms with E-state index >= 15 is 0 Å². The molecule has 0 saturated heterocycles. The van der Waals surface area contributed by atoms with Crippen LogP contribution < -0.4 is 0 Å². The van der Waals surface area contributed by atoms with E-state index in [0.717, 1.165) is 0 Å². The fourth-order valence-electron chi connectivity index (χ4n) is 5.31. The molecule has 1 N–H and O–H groups in total. The third-order valence-corrected chi connectivity index (χ3v) is 10.8. The summed E-state index contributed by atoms with van der Waals surface area (Å²) in [7, 11) is -4.96. The molecule has 24 heavy (non-hydrogen) atoms. The minimum atomic E-state index is -4.92. The summed E-state index contributed by atoms with van der Waals surface area (Å²) in [5.74, 6) is 0. The van der Waals surface area contributed by atoms with Crippen molar-refractivity contribution in [1.29, 1.82) is 0 Å². The molecule has 0 aromatic heterocycles. The molecule has 0 unspecified atom stereocenters. The predicted octanol–water partition coefficient (Wildman–Crippen LogP) is 5.20. The van der Waals surface area contributed by atoms with Gasteiger partial charge in [0.25, 0.3) is 0 Å². The van der Waals surface area contributed by atoms with E-state index in [4.69, 9.17) is 17.5 Å². The topological polar surface area (TPSA) is 77.4 Å². The van der Waals surface area contributed by atoms with Gasteiger partial charge in [0.1, 0.15) is 0 Å². The van der Waals surface area contributed by atoms with E-state index in [9.17, 15) is 0 Å². The Kier molecular flexibility index (Phi) is 8.97. The molecule has 3 aliphatic rings. The summed E-state index contributed by atoms with van der Waals surface area (Å²) in [5.41, 5.74) is 3.68. The average Bonchev–Trinajstić information content (AvgIpc) is 2.57. The third-order valence-electron chi connectivity index (χ3n) is 6.23. The van der Waals surface area contributed by atoms with Gasteiger partial charge in [-0.2, -0.15) is 0 Å².